The van der Waals surface area contributed by atoms with Crippen LogP contribution in [-0.2, 0) is 0 Å². The quantitative estimate of drug-likeness (QED) is 0.376. The third-order valence-electron chi connectivity index (χ3n) is 3.83. The zero-order valence-electron chi connectivity index (χ0n) is 12.6. The average molecular weight is 314 g/mol. The molecule has 0 unspecified atom stereocenters. The third kappa shape index (κ3) is 3.15. The van der Waals surface area contributed by atoms with E-state index in [0.717, 1.165) is 32.4 Å². The van der Waals surface area contributed by atoms with Crippen molar-refractivity contribution in [3.05, 3.63) is 35.7 Å². The first-order valence-corrected chi connectivity index (χ1v) is 7.46. The summed E-state index contributed by atoms with van der Waals surface area (Å²) in [6, 6.07) is 7.01. The van der Waals surface area contributed by atoms with Crippen LogP contribution < -0.4 is 11.6 Å². The van der Waals surface area contributed by atoms with Crippen molar-refractivity contribution in [1.29, 1.82) is 0 Å². The Bertz CT molecular complexity index is 716. The van der Waals surface area contributed by atoms with Gasteiger partial charge in [0, 0.05) is 24.2 Å². The van der Waals surface area contributed by atoms with E-state index in [0.29, 0.717) is 17.0 Å². The maximum absolute atomic E-state index is 12.3. The molecule has 4 N–H and O–H groups in total. The molecule has 0 bridgehead atoms. The molecule has 120 valence electrons. The number of rotatable bonds is 3. The summed E-state index contributed by atoms with van der Waals surface area (Å²) in [5, 5.41) is 7.23. The lowest BCUT2D eigenvalue weighted by Gasteiger charge is -2.25. The van der Waals surface area contributed by atoms with Crippen LogP contribution in [0.4, 0.5) is 0 Å². The monoisotopic (exact) mass is 314 g/mol. The number of piperidine rings is 1. The molecule has 0 saturated carbocycles. The van der Waals surface area contributed by atoms with Crippen LogP contribution in [0.25, 0.3) is 11.5 Å². The van der Waals surface area contributed by atoms with Gasteiger partial charge in [0.15, 0.2) is 0 Å². The molecule has 0 atom stereocenters. The molecule has 1 fully saturated rings. The SMILES string of the molecule is N/N=C(\N)c1ccc(-c2nc(C(=O)N3CCCCC3)no2)cc1. The number of nitrogens with two attached hydrogens (primary N) is 2. The van der Waals surface area contributed by atoms with E-state index in [2.05, 4.69) is 15.2 Å². The molecule has 1 saturated heterocycles. The Morgan fingerprint density at radius 2 is 1.87 bits per heavy atom. The summed E-state index contributed by atoms with van der Waals surface area (Å²) in [4.78, 5) is 18.3. The highest BCUT2D eigenvalue weighted by Gasteiger charge is 2.23. The van der Waals surface area contributed by atoms with Gasteiger partial charge in [0.05, 0.1) is 0 Å². The molecule has 23 heavy (non-hydrogen) atoms. The van der Waals surface area contributed by atoms with Gasteiger partial charge < -0.3 is 21.0 Å². The highest BCUT2D eigenvalue weighted by Crippen LogP contribution is 2.19. The summed E-state index contributed by atoms with van der Waals surface area (Å²) in [6.45, 7) is 1.49. The van der Waals surface area contributed by atoms with Gasteiger partial charge in [-0.2, -0.15) is 10.1 Å². The van der Waals surface area contributed by atoms with E-state index in [-0.39, 0.29) is 17.6 Å². The summed E-state index contributed by atoms with van der Waals surface area (Å²) >= 11 is 0. The number of amides is 1. The van der Waals surface area contributed by atoms with Gasteiger partial charge in [-0.25, -0.2) is 0 Å². The van der Waals surface area contributed by atoms with Crippen LogP contribution in [0.5, 0.6) is 0 Å². The summed E-state index contributed by atoms with van der Waals surface area (Å²) in [7, 11) is 0. The molecule has 2 aromatic rings. The topological polar surface area (TPSA) is 124 Å². The normalized spacial score (nSPS) is 15.7. The van der Waals surface area contributed by atoms with E-state index in [9.17, 15) is 4.79 Å². The zero-order valence-corrected chi connectivity index (χ0v) is 12.6. The fraction of sp³-hybridized carbons (Fsp3) is 0.333. The van der Waals surface area contributed by atoms with E-state index in [1.165, 1.54) is 0 Å². The lowest BCUT2D eigenvalue weighted by atomic mass is 10.1. The molecule has 0 aliphatic carbocycles. The molecule has 3 rings (SSSR count). The van der Waals surface area contributed by atoms with Crippen molar-refractivity contribution >= 4 is 11.7 Å². The standard InChI is InChI=1S/C15H18N6O2/c16-12(19-17)10-4-6-11(7-5-10)14-18-13(20-23-14)15(22)21-8-2-1-3-9-21/h4-7H,1-3,8-9,17H2,(H2,16,19). The van der Waals surface area contributed by atoms with Gasteiger partial charge >= 0.3 is 0 Å². The molecular formula is C15H18N6O2. The van der Waals surface area contributed by atoms with Gasteiger partial charge in [-0.1, -0.05) is 17.3 Å². The summed E-state index contributed by atoms with van der Waals surface area (Å²) in [6.07, 6.45) is 3.19. The molecule has 8 heteroatoms. The number of amidine groups is 1. The Morgan fingerprint density at radius 3 is 2.52 bits per heavy atom. The summed E-state index contributed by atoms with van der Waals surface area (Å²) < 4.78 is 5.19. The first-order valence-electron chi connectivity index (χ1n) is 7.46. The number of benzene rings is 1. The van der Waals surface area contributed by atoms with Crippen molar-refractivity contribution in [3.63, 3.8) is 0 Å². The lowest BCUT2D eigenvalue weighted by Crippen LogP contribution is -2.36. The Balaban J connectivity index is 1.77. The van der Waals surface area contributed by atoms with Crippen LogP contribution >= 0.6 is 0 Å². The van der Waals surface area contributed by atoms with Gasteiger partial charge in [-0.15, -0.1) is 0 Å². The number of nitrogens with zero attached hydrogens (tertiary/aromatic N) is 4. The Hall–Kier alpha value is -2.90. The van der Waals surface area contributed by atoms with Gasteiger partial charge in [0.2, 0.25) is 0 Å². The predicted molar refractivity (Wildman–Crippen MR) is 84.4 cm³/mol. The molecule has 0 radical (unpaired) electrons. The van der Waals surface area contributed by atoms with Crippen LogP contribution in [0.3, 0.4) is 0 Å². The van der Waals surface area contributed by atoms with Crippen molar-refractivity contribution < 1.29 is 9.32 Å². The Morgan fingerprint density at radius 1 is 1.17 bits per heavy atom. The van der Waals surface area contributed by atoms with Crippen molar-refractivity contribution in [2.75, 3.05) is 13.1 Å². The highest BCUT2D eigenvalue weighted by molar-refractivity contribution is 5.97. The molecule has 8 nitrogen and oxygen atoms in total. The minimum Gasteiger partial charge on any atom is -0.382 e. The summed E-state index contributed by atoms with van der Waals surface area (Å²) in [5.74, 6) is 5.58. The molecular weight excluding hydrogens is 296 g/mol. The fourth-order valence-electron chi connectivity index (χ4n) is 2.52. The summed E-state index contributed by atoms with van der Waals surface area (Å²) in [5.41, 5.74) is 7.03. The number of likely N-dealkylation sites (tertiary alicyclic amines) is 1. The van der Waals surface area contributed by atoms with Crippen LogP contribution in [0.1, 0.15) is 35.4 Å². The Kier molecular flexibility index (Phi) is 4.22. The molecule has 1 aliphatic heterocycles. The van der Waals surface area contributed by atoms with Gasteiger partial charge in [0.25, 0.3) is 17.6 Å². The molecule has 2 heterocycles. The maximum atomic E-state index is 12.3. The van der Waals surface area contributed by atoms with Crippen LogP contribution in [0.2, 0.25) is 0 Å². The minimum absolute atomic E-state index is 0.0917. The van der Waals surface area contributed by atoms with Gasteiger partial charge in [-0.3, -0.25) is 4.79 Å². The van der Waals surface area contributed by atoms with E-state index in [4.69, 9.17) is 16.1 Å². The average Bonchev–Trinajstić information content (AvgIpc) is 3.11. The van der Waals surface area contributed by atoms with E-state index in [1.54, 1.807) is 29.2 Å². The van der Waals surface area contributed by atoms with Crippen LogP contribution in [0.15, 0.2) is 33.9 Å². The van der Waals surface area contributed by atoms with Crippen molar-refractivity contribution in [3.8, 4) is 11.5 Å². The molecule has 1 aromatic heterocycles. The first-order chi connectivity index (χ1) is 11.2. The number of hydrogen-bond donors (Lipinski definition) is 2. The second-order valence-electron chi connectivity index (χ2n) is 5.37. The third-order valence-corrected chi connectivity index (χ3v) is 3.83. The molecule has 1 aliphatic rings. The minimum atomic E-state index is -0.184. The predicted octanol–water partition coefficient (Wildman–Crippen LogP) is 0.942. The maximum Gasteiger partial charge on any atom is 0.295 e. The number of hydrazone groups is 1. The highest BCUT2D eigenvalue weighted by atomic mass is 16.5. The van der Waals surface area contributed by atoms with E-state index < -0.39 is 0 Å². The lowest BCUT2D eigenvalue weighted by molar-refractivity contribution is 0.0708. The molecule has 1 amide bonds. The smallest absolute Gasteiger partial charge is 0.295 e. The number of carbonyl (C=O) groups is 1. The van der Waals surface area contributed by atoms with Crippen LogP contribution in [-0.4, -0.2) is 39.9 Å². The van der Waals surface area contributed by atoms with Crippen LogP contribution in [0, 0.1) is 0 Å². The van der Waals surface area contributed by atoms with E-state index >= 15 is 0 Å². The fourth-order valence-corrected chi connectivity index (χ4v) is 2.52. The van der Waals surface area contributed by atoms with Crippen molar-refractivity contribution in [1.82, 2.24) is 15.0 Å². The zero-order chi connectivity index (χ0) is 16.2. The first kappa shape index (κ1) is 15.0. The molecule has 0 spiro atoms. The van der Waals surface area contributed by atoms with Gasteiger partial charge in [0.1, 0.15) is 5.84 Å². The van der Waals surface area contributed by atoms with E-state index in [1.807, 2.05) is 0 Å². The number of aromatic nitrogens is 2. The second-order valence-corrected chi connectivity index (χ2v) is 5.37. The number of hydrogen-bond acceptors (Lipinski definition) is 6. The second kappa shape index (κ2) is 6.47. The van der Waals surface area contributed by atoms with Gasteiger partial charge in [-0.05, 0) is 31.4 Å². The largest absolute Gasteiger partial charge is 0.382 e. The van der Waals surface area contributed by atoms with Crippen molar-refractivity contribution in [2.45, 2.75) is 19.3 Å². The Labute approximate surface area is 133 Å². The van der Waals surface area contributed by atoms with Crippen molar-refractivity contribution in [2.24, 2.45) is 16.7 Å². The number of carbonyl (C=O) groups excluding carboxylic acids is 1. The molecule has 1 aromatic carbocycles.